The van der Waals surface area contributed by atoms with Crippen LogP contribution in [0.5, 0.6) is 5.75 Å². The Morgan fingerprint density at radius 2 is 1.96 bits per heavy atom. The highest BCUT2D eigenvalue weighted by Crippen LogP contribution is 2.34. The van der Waals surface area contributed by atoms with Crippen molar-refractivity contribution in [3.63, 3.8) is 0 Å². The number of halogens is 1. The molecule has 1 heterocycles. The number of rotatable bonds is 6. The Kier molecular flexibility index (Phi) is 5.59. The van der Waals surface area contributed by atoms with Crippen molar-refractivity contribution in [2.75, 3.05) is 23.9 Å². The van der Waals surface area contributed by atoms with E-state index in [1.807, 2.05) is 0 Å². The number of carbonyl (C=O) groups excluding carboxylic acids is 2. The summed E-state index contributed by atoms with van der Waals surface area (Å²) in [7, 11) is 1.55. The zero-order chi connectivity index (χ0) is 19.4. The summed E-state index contributed by atoms with van der Waals surface area (Å²) in [4.78, 5) is 25.9. The lowest BCUT2D eigenvalue weighted by Gasteiger charge is -2.29. The summed E-state index contributed by atoms with van der Waals surface area (Å²) in [5, 5.41) is 3.07. The van der Waals surface area contributed by atoms with Crippen LogP contribution in [0.3, 0.4) is 0 Å². The number of ether oxygens (including phenoxy) is 1. The molecule has 2 amide bonds. The molecule has 0 radical (unpaired) electrons. The topological polar surface area (TPSA) is 84.7 Å². The summed E-state index contributed by atoms with van der Waals surface area (Å²) in [6, 6.07) is 9.99. The minimum atomic E-state index is -0.830. The average molecular weight is 371 g/mol. The first-order valence-corrected chi connectivity index (χ1v) is 8.79. The summed E-state index contributed by atoms with van der Waals surface area (Å²) in [5.74, 6) is -0.361. The third kappa shape index (κ3) is 4.19. The number of piperidine rings is 1. The Morgan fingerprint density at radius 3 is 2.59 bits per heavy atom. The van der Waals surface area contributed by atoms with Crippen molar-refractivity contribution in [1.82, 2.24) is 0 Å². The average Bonchev–Trinajstić information content (AvgIpc) is 2.67. The maximum atomic E-state index is 13.2. The van der Waals surface area contributed by atoms with Crippen molar-refractivity contribution in [2.45, 2.75) is 25.3 Å². The fraction of sp³-hybridized carbons (Fsp3) is 0.300. The predicted molar refractivity (Wildman–Crippen MR) is 101 cm³/mol. The maximum absolute atomic E-state index is 13.2. The van der Waals surface area contributed by atoms with Crippen molar-refractivity contribution in [1.29, 1.82) is 0 Å². The molecule has 0 aliphatic carbocycles. The minimum absolute atomic E-state index is 0.0432. The molecule has 3 rings (SSSR count). The normalized spacial score (nSPS) is 15.3. The van der Waals surface area contributed by atoms with E-state index in [0.717, 1.165) is 12.8 Å². The van der Waals surface area contributed by atoms with E-state index in [1.165, 1.54) is 24.3 Å². The quantitative estimate of drug-likeness (QED) is 0.818. The Bertz CT molecular complexity index is 839. The summed E-state index contributed by atoms with van der Waals surface area (Å²) >= 11 is 0. The van der Waals surface area contributed by atoms with Crippen molar-refractivity contribution in [3.8, 4) is 5.75 Å². The maximum Gasteiger partial charge on any atom is 0.244 e. The lowest BCUT2D eigenvalue weighted by Crippen LogP contribution is -2.35. The Labute approximate surface area is 157 Å². The minimum Gasteiger partial charge on any atom is -0.495 e. The van der Waals surface area contributed by atoms with Crippen LogP contribution in [0.2, 0.25) is 0 Å². The number of benzene rings is 2. The molecule has 1 aliphatic heterocycles. The molecule has 1 aliphatic rings. The lowest BCUT2D eigenvalue weighted by atomic mass is 10.1. The highest BCUT2D eigenvalue weighted by Gasteiger charge is 2.24. The van der Waals surface area contributed by atoms with Crippen LogP contribution in [0.4, 0.5) is 15.8 Å². The first kappa shape index (κ1) is 18.7. The Morgan fingerprint density at radius 1 is 1.22 bits per heavy atom. The molecule has 1 saturated heterocycles. The second-order valence-corrected chi connectivity index (χ2v) is 6.42. The predicted octanol–water partition coefficient (Wildman–Crippen LogP) is 2.99. The van der Waals surface area contributed by atoms with Crippen LogP contribution in [0.15, 0.2) is 42.5 Å². The van der Waals surface area contributed by atoms with E-state index in [-0.39, 0.29) is 5.91 Å². The van der Waals surface area contributed by atoms with Gasteiger partial charge in [0.25, 0.3) is 0 Å². The summed E-state index contributed by atoms with van der Waals surface area (Å²) < 4.78 is 18.6. The molecule has 1 fully saturated rings. The standard InChI is InChI=1S/C20H22FN3O3/c1-27-17-10-9-15(12-16(17)24-11-3-2-4-18(24)25)23-19(20(22)26)13-5-7-14(21)8-6-13/h5-10,12,19,23H,2-4,11H2,1H3,(H2,22,26). The number of hydrogen-bond acceptors (Lipinski definition) is 4. The van der Waals surface area contributed by atoms with E-state index in [2.05, 4.69) is 5.32 Å². The van der Waals surface area contributed by atoms with Crippen molar-refractivity contribution in [3.05, 3.63) is 53.8 Å². The number of nitrogens with two attached hydrogens (primary N) is 1. The van der Waals surface area contributed by atoms with Gasteiger partial charge < -0.3 is 20.7 Å². The van der Waals surface area contributed by atoms with Crippen LogP contribution < -0.4 is 20.7 Å². The van der Waals surface area contributed by atoms with E-state index in [0.29, 0.717) is 35.7 Å². The van der Waals surface area contributed by atoms with E-state index < -0.39 is 17.8 Å². The molecule has 2 aromatic carbocycles. The van der Waals surface area contributed by atoms with Crippen molar-refractivity contribution < 1.29 is 18.7 Å². The van der Waals surface area contributed by atoms with Crippen LogP contribution in [-0.2, 0) is 9.59 Å². The number of nitrogens with one attached hydrogen (secondary N) is 1. The van der Waals surface area contributed by atoms with Crippen LogP contribution >= 0.6 is 0 Å². The van der Waals surface area contributed by atoms with Gasteiger partial charge in [0.1, 0.15) is 17.6 Å². The van der Waals surface area contributed by atoms with E-state index in [4.69, 9.17) is 10.5 Å². The zero-order valence-electron chi connectivity index (χ0n) is 15.1. The van der Waals surface area contributed by atoms with E-state index >= 15 is 0 Å². The number of anilines is 2. The SMILES string of the molecule is COc1ccc(NC(C(N)=O)c2ccc(F)cc2)cc1N1CCCCC1=O. The first-order chi connectivity index (χ1) is 13.0. The van der Waals surface area contributed by atoms with Crippen LogP contribution in [0, 0.1) is 5.82 Å². The van der Waals surface area contributed by atoms with E-state index in [9.17, 15) is 14.0 Å². The van der Waals surface area contributed by atoms with Gasteiger partial charge in [-0.15, -0.1) is 0 Å². The van der Waals surface area contributed by atoms with Gasteiger partial charge in [0, 0.05) is 18.7 Å². The molecule has 1 unspecified atom stereocenters. The third-order valence-corrected chi connectivity index (χ3v) is 4.59. The molecule has 27 heavy (non-hydrogen) atoms. The first-order valence-electron chi connectivity index (χ1n) is 8.79. The van der Waals surface area contributed by atoms with Crippen LogP contribution in [0.25, 0.3) is 0 Å². The third-order valence-electron chi connectivity index (χ3n) is 4.59. The number of primary amides is 1. The number of hydrogen-bond donors (Lipinski definition) is 2. The summed E-state index contributed by atoms with van der Waals surface area (Å²) in [6.45, 7) is 0.621. The van der Waals surface area contributed by atoms with Gasteiger partial charge >= 0.3 is 0 Å². The zero-order valence-corrected chi connectivity index (χ0v) is 15.1. The summed E-state index contributed by atoms with van der Waals surface area (Å²) in [6.07, 6.45) is 2.30. The van der Waals surface area contributed by atoms with Gasteiger partial charge in [0.05, 0.1) is 12.8 Å². The molecule has 1 atom stereocenters. The Hall–Kier alpha value is -3.09. The molecule has 2 aromatic rings. The summed E-state index contributed by atoms with van der Waals surface area (Å²) in [5.41, 5.74) is 7.34. The van der Waals surface area contributed by atoms with Gasteiger partial charge in [0.15, 0.2) is 0 Å². The van der Waals surface area contributed by atoms with Crippen molar-refractivity contribution >= 4 is 23.2 Å². The molecule has 0 aromatic heterocycles. The number of carbonyl (C=O) groups is 2. The van der Waals surface area contributed by atoms with Gasteiger partial charge in [-0.3, -0.25) is 9.59 Å². The fourth-order valence-electron chi connectivity index (χ4n) is 3.19. The largest absolute Gasteiger partial charge is 0.495 e. The smallest absolute Gasteiger partial charge is 0.244 e. The number of amides is 2. The molecule has 0 spiro atoms. The molecule has 7 heteroatoms. The highest BCUT2D eigenvalue weighted by molar-refractivity contribution is 5.96. The molecule has 0 saturated carbocycles. The molecular formula is C20H22FN3O3. The number of methoxy groups -OCH3 is 1. The lowest BCUT2D eigenvalue weighted by molar-refractivity contribution is -0.120. The van der Waals surface area contributed by atoms with Gasteiger partial charge in [-0.05, 0) is 48.7 Å². The molecule has 142 valence electrons. The van der Waals surface area contributed by atoms with Gasteiger partial charge in [0.2, 0.25) is 11.8 Å². The van der Waals surface area contributed by atoms with Crippen LogP contribution in [-0.4, -0.2) is 25.5 Å². The monoisotopic (exact) mass is 371 g/mol. The van der Waals surface area contributed by atoms with Gasteiger partial charge in [-0.25, -0.2) is 4.39 Å². The molecule has 3 N–H and O–H groups in total. The number of nitrogens with zero attached hydrogens (tertiary/aromatic N) is 1. The van der Waals surface area contributed by atoms with Gasteiger partial charge in [-0.1, -0.05) is 12.1 Å². The molecule has 0 bridgehead atoms. The second kappa shape index (κ2) is 8.07. The molecule has 6 nitrogen and oxygen atoms in total. The van der Waals surface area contributed by atoms with E-state index in [1.54, 1.807) is 30.2 Å². The second-order valence-electron chi connectivity index (χ2n) is 6.42. The van der Waals surface area contributed by atoms with Crippen molar-refractivity contribution in [2.24, 2.45) is 5.73 Å². The Balaban J connectivity index is 1.91. The van der Waals surface area contributed by atoms with Gasteiger partial charge in [-0.2, -0.15) is 0 Å². The molecular weight excluding hydrogens is 349 g/mol. The van der Waals surface area contributed by atoms with Crippen LogP contribution in [0.1, 0.15) is 30.9 Å². The fourth-order valence-corrected chi connectivity index (χ4v) is 3.19. The highest BCUT2D eigenvalue weighted by atomic mass is 19.1.